The van der Waals surface area contributed by atoms with Gasteiger partial charge in [0.2, 0.25) is 5.91 Å². The first kappa shape index (κ1) is 30.4. The number of carbonyl (C=O) groups is 1. The monoisotopic (exact) mass is 589 g/mol. The SMILES string of the molecule is CCCCOc1ccc(-c2ccc(Cl)c(/C=C/C(=O)Nc3ccc([S@+]([O-])Cc4cncn4CC(C)C)cc3)c2)cc1. The van der Waals surface area contributed by atoms with Crippen LogP contribution >= 0.6 is 11.6 Å². The van der Waals surface area contributed by atoms with Crippen LogP contribution in [-0.2, 0) is 28.3 Å². The minimum Gasteiger partial charge on any atom is -0.611 e. The first-order valence-corrected chi connectivity index (χ1v) is 15.5. The third-order valence-corrected chi connectivity index (χ3v) is 8.09. The number of rotatable bonds is 13. The van der Waals surface area contributed by atoms with Gasteiger partial charge in [0.25, 0.3) is 0 Å². The van der Waals surface area contributed by atoms with Gasteiger partial charge < -0.3 is 19.2 Å². The van der Waals surface area contributed by atoms with Crippen molar-refractivity contribution in [3.63, 3.8) is 0 Å². The lowest BCUT2D eigenvalue weighted by Crippen LogP contribution is -2.12. The van der Waals surface area contributed by atoms with Crippen LogP contribution in [-0.4, -0.2) is 26.6 Å². The van der Waals surface area contributed by atoms with Crippen molar-refractivity contribution in [1.29, 1.82) is 0 Å². The predicted octanol–water partition coefficient (Wildman–Crippen LogP) is 8.00. The second kappa shape index (κ2) is 14.9. The normalized spacial score (nSPS) is 12.1. The van der Waals surface area contributed by atoms with Crippen molar-refractivity contribution < 1.29 is 14.1 Å². The maximum atomic E-state index is 12.9. The number of anilines is 1. The highest BCUT2D eigenvalue weighted by Crippen LogP contribution is 2.28. The third kappa shape index (κ3) is 8.98. The van der Waals surface area contributed by atoms with Crippen LogP contribution in [0.5, 0.6) is 5.75 Å². The molecule has 41 heavy (non-hydrogen) atoms. The molecule has 1 heterocycles. The maximum absolute atomic E-state index is 12.9. The molecule has 0 unspecified atom stereocenters. The van der Waals surface area contributed by atoms with Gasteiger partial charge in [-0.05, 0) is 94.8 Å². The standard InChI is InChI=1S/C33H36ClN3O3S/c1-4-5-18-40-30-12-6-25(7-13-30)26-8-16-32(34)27(19-26)9-17-33(38)36-28-10-14-31(15-11-28)41(39)22-29-20-35-23-37(29)21-24(2)3/h6-17,19-20,23-24H,4-5,18,21-22H2,1-3H3,(H,36,38)/b17-9+/t41-/m1/s1. The van der Waals surface area contributed by atoms with Gasteiger partial charge in [0.05, 0.1) is 24.8 Å². The molecule has 0 bridgehead atoms. The Bertz CT molecular complexity index is 1450. The molecule has 0 spiro atoms. The van der Waals surface area contributed by atoms with E-state index in [2.05, 4.69) is 31.1 Å². The van der Waals surface area contributed by atoms with E-state index in [1.54, 1.807) is 42.9 Å². The molecule has 214 valence electrons. The molecule has 3 aromatic carbocycles. The van der Waals surface area contributed by atoms with Crippen LogP contribution in [0.4, 0.5) is 5.69 Å². The number of hydrogen-bond acceptors (Lipinski definition) is 4. The van der Waals surface area contributed by atoms with E-state index in [1.807, 2.05) is 47.0 Å². The predicted molar refractivity (Wildman–Crippen MR) is 169 cm³/mol. The number of aromatic nitrogens is 2. The first-order valence-electron chi connectivity index (χ1n) is 13.8. The first-order chi connectivity index (χ1) is 19.8. The van der Waals surface area contributed by atoms with E-state index in [4.69, 9.17) is 16.3 Å². The van der Waals surface area contributed by atoms with Gasteiger partial charge in [0, 0.05) is 23.3 Å². The molecule has 1 amide bonds. The lowest BCUT2D eigenvalue weighted by Gasteiger charge is -2.14. The van der Waals surface area contributed by atoms with E-state index in [0.29, 0.717) is 33.9 Å². The van der Waals surface area contributed by atoms with E-state index in [9.17, 15) is 9.35 Å². The number of nitrogens with zero attached hydrogens (tertiary/aromatic N) is 2. The van der Waals surface area contributed by atoms with E-state index >= 15 is 0 Å². The number of hydrogen-bond donors (Lipinski definition) is 1. The summed E-state index contributed by atoms with van der Waals surface area (Å²) in [6.07, 6.45) is 8.83. The Morgan fingerprint density at radius 2 is 1.83 bits per heavy atom. The van der Waals surface area contributed by atoms with Crippen molar-refractivity contribution in [1.82, 2.24) is 9.55 Å². The largest absolute Gasteiger partial charge is 0.611 e. The Morgan fingerprint density at radius 1 is 1.10 bits per heavy atom. The molecule has 6 nitrogen and oxygen atoms in total. The molecular weight excluding hydrogens is 554 g/mol. The van der Waals surface area contributed by atoms with Crippen LogP contribution in [0, 0.1) is 5.92 Å². The van der Waals surface area contributed by atoms with Crippen molar-refractivity contribution in [3.8, 4) is 16.9 Å². The highest BCUT2D eigenvalue weighted by Gasteiger charge is 2.16. The lowest BCUT2D eigenvalue weighted by molar-refractivity contribution is -0.111. The highest BCUT2D eigenvalue weighted by molar-refractivity contribution is 7.90. The fourth-order valence-electron chi connectivity index (χ4n) is 4.21. The second-order valence-electron chi connectivity index (χ2n) is 10.2. The quantitative estimate of drug-likeness (QED) is 0.0973. The van der Waals surface area contributed by atoms with Crippen LogP contribution < -0.4 is 10.1 Å². The number of halogens is 1. The zero-order chi connectivity index (χ0) is 29.2. The molecule has 4 aromatic rings. The number of unbranched alkanes of at least 4 members (excludes halogenated alkanes) is 1. The fraction of sp³-hybridized carbons (Fsp3) is 0.273. The molecule has 1 aromatic heterocycles. The van der Waals surface area contributed by atoms with Crippen LogP contribution in [0.15, 0.2) is 90.2 Å². The second-order valence-corrected chi connectivity index (χ2v) is 12.1. The van der Waals surface area contributed by atoms with Crippen molar-refractivity contribution in [2.24, 2.45) is 5.92 Å². The van der Waals surface area contributed by atoms with Gasteiger partial charge in [-0.15, -0.1) is 0 Å². The molecule has 0 aliphatic heterocycles. The summed E-state index contributed by atoms with van der Waals surface area (Å²) >= 11 is 5.20. The average molecular weight is 590 g/mol. The number of amides is 1. The number of ether oxygens (including phenoxy) is 1. The summed E-state index contributed by atoms with van der Waals surface area (Å²) < 4.78 is 20.7. The highest BCUT2D eigenvalue weighted by atomic mass is 35.5. The summed E-state index contributed by atoms with van der Waals surface area (Å²) in [5, 5.41) is 3.41. The van der Waals surface area contributed by atoms with Crippen LogP contribution in [0.2, 0.25) is 5.02 Å². The molecule has 0 fully saturated rings. The van der Waals surface area contributed by atoms with Gasteiger partial charge in [-0.3, -0.25) is 4.79 Å². The molecule has 4 rings (SSSR count). The smallest absolute Gasteiger partial charge is 0.248 e. The van der Waals surface area contributed by atoms with E-state index in [0.717, 1.165) is 47.5 Å². The zero-order valence-corrected chi connectivity index (χ0v) is 25.3. The Balaban J connectivity index is 1.35. The lowest BCUT2D eigenvalue weighted by atomic mass is 10.0. The zero-order valence-electron chi connectivity index (χ0n) is 23.7. The molecule has 1 N–H and O–H groups in total. The molecule has 0 radical (unpaired) electrons. The van der Waals surface area contributed by atoms with Crippen LogP contribution in [0.3, 0.4) is 0 Å². The summed E-state index contributed by atoms with van der Waals surface area (Å²) in [5.74, 6) is 1.42. The Morgan fingerprint density at radius 3 is 2.54 bits per heavy atom. The van der Waals surface area contributed by atoms with Crippen molar-refractivity contribution >= 4 is 40.4 Å². The van der Waals surface area contributed by atoms with Gasteiger partial charge >= 0.3 is 0 Å². The van der Waals surface area contributed by atoms with Crippen molar-refractivity contribution in [2.75, 3.05) is 11.9 Å². The van der Waals surface area contributed by atoms with Crippen molar-refractivity contribution in [2.45, 2.75) is 50.8 Å². The molecule has 1 atom stereocenters. The topological polar surface area (TPSA) is 79.2 Å². The minimum absolute atomic E-state index is 0.286. The Labute approximate surface area is 250 Å². The Hall–Kier alpha value is -3.52. The van der Waals surface area contributed by atoms with E-state index < -0.39 is 11.2 Å². The molecule has 8 heteroatoms. The van der Waals surface area contributed by atoms with Crippen molar-refractivity contribution in [3.05, 3.63) is 102 Å². The van der Waals surface area contributed by atoms with E-state index in [-0.39, 0.29) is 5.91 Å². The van der Waals surface area contributed by atoms with E-state index in [1.165, 1.54) is 6.08 Å². The van der Waals surface area contributed by atoms with Gasteiger partial charge in [-0.25, -0.2) is 4.98 Å². The summed E-state index contributed by atoms with van der Waals surface area (Å²) in [6, 6.07) is 20.8. The summed E-state index contributed by atoms with van der Waals surface area (Å²) in [7, 11) is 0. The maximum Gasteiger partial charge on any atom is 0.248 e. The van der Waals surface area contributed by atoms with Crippen LogP contribution in [0.1, 0.15) is 44.9 Å². The average Bonchev–Trinajstić information content (AvgIpc) is 3.39. The molecule has 0 aliphatic rings. The third-order valence-electron chi connectivity index (χ3n) is 6.39. The Kier molecular flexibility index (Phi) is 11.1. The van der Waals surface area contributed by atoms with Gasteiger partial charge in [0.15, 0.2) is 10.6 Å². The van der Waals surface area contributed by atoms with Gasteiger partial charge in [-0.1, -0.05) is 57.0 Å². The molecule has 0 saturated heterocycles. The molecule has 0 aliphatic carbocycles. The summed E-state index contributed by atoms with van der Waals surface area (Å²) in [4.78, 5) is 17.5. The van der Waals surface area contributed by atoms with Gasteiger partial charge in [0.1, 0.15) is 5.75 Å². The summed E-state index contributed by atoms with van der Waals surface area (Å²) in [6.45, 7) is 7.96. The summed E-state index contributed by atoms with van der Waals surface area (Å²) in [5.41, 5.74) is 4.32. The number of benzene rings is 3. The number of imidazole rings is 1. The van der Waals surface area contributed by atoms with Crippen LogP contribution in [0.25, 0.3) is 17.2 Å². The minimum atomic E-state index is -1.22. The molecule has 0 saturated carbocycles. The molecular formula is C33H36ClN3O3S. The fourth-order valence-corrected chi connectivity index (χ4v) is 5.51. The number of carbonyl (C=O) groups excluding carboxylic acids is 1. The number of nitrogens with one attached hydrogen (secondary N) is 1. The van der Waals surface area contributed by atoms with Gasteiger partial charge in [-0.2, -0.15) is 0 Å².